The summed E-state index contributed by atoms with van der Waals surface area (Å²) in [6.45, 7) is 4.14. The van der Waals surface area contributed by atoms with Crippen molar-refractivity contribution in [2.24, 2.45) is 5.92 Å². The van der Waals surface area contributed by atoms with E-state index in [2.05, 4.69) is 24.0 Å². The van der Waals surface area contributed by atoms with Gasteiger partial charge in [-0.1, -0.05) is 19.0 Å². The zero-order chi connectivity index (χ0) is 11.3. The molecule has 82 valence electrons. The normalized spacial score (nSPS) is 12.7. The van der Waals surface area contributed by atoms with Crippen LogP contribution in [0.4, 0.5) is 0 Å². The number of aliphatic hydroxyl groups excluding tert-OH is 1. The Labute approximate surface area is 88.7 Å². The molecule has 1 heterocycles. The molecular formula is C10H15N3O2. The van der Waals surface area contributed by atoms with Crippen molar-refractivity contribution in [3.63, 3.8) is 0 Å². The van der Waals surface area contributed by atoms with Crippen molar-refractivity contribution < 1.29 is 9.63 Å². The lowest BCUT2D eigenvalue weighted by molar-refractivity contribution is 0.167. The fourth-order valence-corrected chi connectivity index (χ4v) is 1.20. The molecule has 1 rings (SSSR count). The van der Waals surface area contributed by atoms with Crippen LogP contribution in [0.25, 0.3) is 0 Å². The number of hydrogen-bond acceptors (Lipinski definition) is 5. The summed E-state index contributed by atoms with van der Waals surface area (Å²) in [6, 6.07) is 1.89. The molecule has 0 spiro atoms. The number of nitriles is 1. The summed E-state index contributed by atoms with van der Waals surface area (Å²) in [7, 11) is 0. The Morgan fingerprint density at radius 3 is 2.80 bits per heavy atom. The zero-order valence-corrected chi connectivity index (χ0v) is 8.97. The third kappa shape index (κ3) is 4.09. The van der Waals surface area contributed by atoms with Crippen molar-refractivity contribution in [1.82, 2.24) is 10.1 Å². The maximum atomic E-state index is 9.34. The first-order valence-corrected chi connectivity index (χ1v) is 4.98. The van der Waals surface area contributed by atoms with Crippen LogP contribution >= 0.6 is 0 Å². The van der Waals surface area contributed by atoms with Gasteiger partial charge in [-0.2, -0.15) is 10.2 Å². The lowest BCUT2D eigenvalue weighted by Crippen LogP contribution is -2.09. The lowest BCUT2D eigenvalue weighted by Gasteiger charge is -2.00. The minimum atomic E-state index is -0.720. The van der Waals surface area contributed by atoms with Gasteiger partial charge in [0.1, 0.15) is 0 Å². The molecule has 0 aliphatic carbocycles. The number of rotatable bonds is 5. The lowest BCUT2D eigenvalue weighted by atomic mass is 10.1. The molecule has 5 nitrogen and oxygen atoms in total. The van der Waals surface area contributed by atoms with E-state index in [0.717, 1.165) is 6.42 Å². The molecule has 1 N–H and O–H groups in total. The quantitative estimate of drug-likeness (QED) is 0.784. The SMILES string of the molecule is CC(C)Cc1noc(CC(O)CC#N)n1. The number of aliphatic hydroxyl groups is 1. The highest BCUT2D eigenvalue weighted by Crippen LogP contribution is 2.07. The van der Waals surface area contributed by atoms with Crippen LogP contribution in [-0.4, -0.2) is 21.4 Å². The third-order valence-corrected chi connectivity index (χ3v) is 1.84. The highest BCUT2D eigenvalue weighted by Gasteiger charge is 2.12. The molecule has 0 fully saturated rings. The first kappa shape index (κ1) is 11.7. The summed E-state index contributed by atoms with van der Waals surface area (Å²) in [4.78, 5) is 4.13. The Balaban J connectivity index is 2.49. The van der Waals surface area contributed by atoms with E-state index in [4.69, 9.17) is 9.78 Å². The Morgan fingerprint density at radius 1 is 1.47 bits per heavy atom. The van der Waals surface area contributed by atoms with E-state index >= 15 is 0 Å². The Bertz CT molecular complexity index is 341. The molecule has 1 aromatic rings. The van der Waals surface area contributed by atoms with Crippen LogP contribution in [0.15, 0.2) is 4.52 Å². The van der Waals surface area contributed by atoms with Gasteiger partial charge in [-0.25, -0.2) is 0 Å². The van der Waals surface area contributed by atoms with E-state index < -0.39 is 6.10 Å². The van der Waals surface area contributed by atoms with Crippen LogP contribution in [0, 0.1) is 17.2 Å². The average Bonchev–Trinajstić information content (AvgIpc) is 2.51. The van der Waals surface area contributed by atoms with Gasteiger partial charge in [0, 0.05) is 6.42 Å². The van der Waals surface area contributed by atoms with Crippen molar-refractivity contribution >= 4 is 0 Å². The zero-order valence-electron chi connectivity index (χ0n) is 8.97. The minimum absolute atomic E-state index is 0.0852. The van der Waals surface area contributed by atoms with Gasteiger partial charge in [0.2, 0.25) is 5.89 Å². The van der Waals surface area contributed by atoms with Gasteiger partial charge >= 0.3 is 0 Å². The maximum absolute atomic E-state index is 9.34. The fourth-order valence-electron chi connectivity index (χ4n) is 1.20. The maximum Gasteiger partial charge on any atom is 0.229 e. The van der Waals surface area contributed by atoms with E-state index in [1.807, 2.05) is 6.07 Å². The molecule has 15 heavy (non-hydrogen) atoms. The Morgan fingerprint density at radius 2 is 2.20 bits per heavy atom. The minimum Gasteiger partial charge on any atom is -0.392 e. The van der Waals surface area contributed by atoms with Crippen molar-refractivity contribution in [3.05, 3.63) is 11.7 Å². The van der Waals surface area contributed by atoms with Gasteiger partial charge in [0.15, 0.2) is 5.82 Å². The summed E-state index contributed by atoms with van der Waals surface area (Å²) in [6.07, 6.45) is 0.376. The monoisotopic (exact) mass is 209 g/mol. The molecule has 0 amide bonds. The standard InChI is InChI=1S/C10H15N3O2/c1-7(2)5-9-12-10(15-13-9)6-8(14)3-4-11/h7-8,14H,3,5-6H2,1-2H3. The second kappa shape index (κ2) is 5.47. The smallest absolute Gasteiger partial charge is 0.229 e. The van der Waals surface area contributed by atoms with E-state index in [0.29, 0.717) is 17.6 Å². The van der Waals surface area contributed by atoms with Crippen molar-refractivity contribution in [2.75, 3.05) is 0 Å². The highest BCUT2D eigenvalue weighted by molar-refractivity contribution is 4.90. The molecule has 0 aliphatic heterocycles. The summed E-state index contributed by atoms with van der Waals surface area (Å²) < 4.78 is 4.95. The first-order chi connectivity index (χ1) is 7.11. The van der Waals surface area contributed by atoms with Crippen LogP contribution in [-0.2, 0) is 12.8 Å². The third-order valence-electron chi connectivity index (χ3n) is 1.84. The van der Waals surface area contributed by atoms with Crippen molar-refractivity contribution in [1.29, 1.82) is 5.26 Å². The molecular weight excluding hydrogens is 194 g/mol. The second-order valence-electron chi connectivity index (χ2n) is 3.92. The van der Waals surface area contributed by atoms with E-state index in [9.17, 15) is 5.11 Å². The predicted molar refractivity (Wildman–Crippen MR) is 52.8 cm³/mol. The first-order valence-electron chi connectivity index (χ1n) is 4.98. The molecule has 1 unspecified atom stereocenters. The van der Waals surface area contributed by atoms with Crippen molar-refractivity contribution in [2.45, 2.75) is 39.2 Å². The van der Waals surface area contributed by atoms with Crippen LogP contribution in [0.2, 0.25) is 0 Å². The fraction of sp³-hybridized carbons (Fsp3) is 0.700. The van der Waals surface area contributed by atoms with Gasteiger partial charge < -0.3 is 9.63 Å². The average molecular weight is 209 g/mol. The summed E-state index contributed by atoms with van der Waals surface area (Å²) in [5, 5.41) is 21.5. The van der Waals surface area contributed by atoms with Crippen LogP contribution in [0.5, 0.6) is 0 Å². The second-order valence-corrected chi connectivity index (χ2v) is 3.92. The number of nitrogens with zero attached hydrogens (tertiary/aromatic N) is 3. The predicted octanol–water partition coefficient (Wildman–Crippen LogP) is 1.09. The molecule has 1 atom stereocenters. The highest BCUT2D eigenvalue weighted by atomic mass is 16.5. The van der Waals surface area contributed by atoms with Gasteiger partial charge in [-0.05, 0) is 5.92 Å². The molecule has 0 saturated carbocycles. The van der Waals surface area contributed by atoms with Crippen molar-refractivity contribution in [3.8, 4) is 6.07 Å². The largest absolute Gasteiger partial charge is 0.392 e. The summed E-state index contributed by atoms with van der Waals surface area (Å²) in [5.74, 6) is 1.53. The number of hydrogen-bond donors (Lipinski definition) is 1. The molecule has 0 aromatic carbocycles. The van der Waals surface area contributed by atoms with Gasteiger partial charge in [0.05, 0.1) is 25.0 Å². The molecule has 1 aromatic heterocycles. The molecule has 0 radical (unpaired) electrons. The van der Waals surface area contributed by atoms with E-state index in [-0.39, 0.29) is 12.8 Å². The van der Waals surface area contributed by atoms with Crippen LogP contribution < -0.4 is 0 Å². The summed E-state index contributed by atoms with van der Waals surface area (Å²) in [5.41, 5.74) is 0. The number of aromatic nitrogens is 2. The molecule has 0 aliphatic rings. The Kier molecular flexibility index (Phi) is 4.25. The Hall–Kier alpha value is -1.41. The van der Waals surface area contributed by atoms with Gasteiger partial charge in [-0.15, -0.1) is 0 Å². The van der Waals surface area contributed by atoms with E-state index in [1.165, 1.54) is 0 Å². The summed E-state index contributed by atoms with van der Waals surface area (Å²) >= 11 is 0. The van der Waals surface area contributed by atoms with Gasteiger partial charge in [-0.3, -0.25) is 0 Å². The molecule has 0 saturated heterocycles. The van der Waals surface area contributed by atoms with Gasteiger partial charge in [0.25, 0.3) is 0 Å². The van der Waals surface area contributed by atoms with E-state index in [1.54, 1.807) is 0 Å². The molecule has 5 heteroatoms. The van der Waals surface area contributed by atoms with Crippen LogP contribution in [0.1, 0.15) is 32.0 Å². The molecule has 0 bridgehead atoms. The van der Waals surface area contributed by atoms with Crippen LogP contribution in [0.3, 0.4) is 0 Å². The topological polar surface area (TPSA) is 82.9 Å².